The Morgan fingerprint density at radius 1 is 1.00 bits per heavy atom. The SMILES string of the molecule is CNC(c1ccc(C)c(F)c1)c1cc(F)c(Cl)cc1F. The van der Waals surface area contributed by atoms with Gasteiger partial charge in [0, 0.05) is 5.56 Å². The summed E-state index contributed by atoms with van der Waals surface area (Å²) in [6.45, 7) is 1.63. The monoisotopic (exact) mass is 299 g/mol. The summed E-state index contributed by atoms with van der Waals surface area (Å²) >= 11 is 5.53. The summed E-state index contributed by atoms with van der Waals surface area (Å²) in [4.78, 5) is 0. The van der Waals surface area contributed by atoms with Crippen LogP contribution in [-0.2, 0) is 0 Å². The Labute approximate surface area is 120 Å². The lowest BCUT2D eigenvalue weighted by Crippen LogP contribution is -2.19. The molecule has 1 N–H and O–H groups in total. The predicted molar refractivity (Wildman–Crippen MR) is 73.4 cm³/mol. The Hall–Kier alpha value is -1.52. The molecule has 2 rings (SSSR count). The molecular weight excluding hydrogens is 287 g/mol. The molecule has 5 heteroatoms. The summed E-state index contributed by atoms with van der Waals surface area (Å²) < 4.78 is 41.1. The van der Waals surface area contributed by atoms with Crippen LogP contribution in [0.15, 0.2) is 30.3 Å². The van der Waals surface area contributed by atoms with Crippen LogP contribution in [0.2, 0.25) is 5.02 Å². The molecule has 20 heavy (non-hydrogen) atoms. The van der Waals surface area contributed by atoms with Gasteiger partial charge in [-0.15, -0.1) is 0 Å². The Kier molecular flexibility index (Phi) is 4.35. The first-order valence-electron chi connectivity index (χ1n) is 6.01. The molecular formula is C15H13ClF3N. The van der Waals surface area contributed by atoms with E-state index >= 15 is 0 Å². The summed E-state index contributed by atoms with van der Waals surface area (Å²) in [5.41, 5.74) is 1.08. The van der Waals surface area contributed by atoms with Crippen LogP contribution < -0.4 is 5.32 Å². The van der Waals surface area contributed by atoms with Gasteiger partial charge in [0.25, 0.3) is 0 Å². The minimum atomic E-state index is -0.712. The van der Waals surface area contributed by atoms with Crippen LogP contribution in [0.3, 0.4) is 0 Å². The van der Waals surface area contributed by atoms with E-state index in [1.807, 2.05) is 0 Å². The highest BCUT2D eigenvalue weighted by Gasteiger charge is 2.19. The maximum absolute atomic E-state index is 13.9. The largest absolute Gasteiger partial charge is 0.309 e. The Morgan fingerprint density at radius 3 is 2.30 bits per heavy atom. The molecule has 1 nitrogen and oxygen atoms in total. The first kappa shape index (κ1) is 14.9. The van der Waals surface area contributed by atoms with Crippen molar-refractivity contribution < 1.29 is 13.2 Å². The number of rotatable bonds is 3. The molecule has 0 aliphatic heterocycles. The highest BCUT2D eigenvalue weighted by Crippen LogP contribution is 2.28. The third-order valence-electron chi connectivity index (χ3n) is 3.17. The fourth-order valence-electron chi connectivity index (χ4n) is 2.05. The van der Waals surface area contributed by atoms with Crippen molar-refractivity contribution in [2.24, 2.45) is 0 Å². The van der Waals surface area contributed by atoms with E-state index in [9.17, 15) is 13.2 Å². The van der Waals surface area contributed by atoms with Gasteiger partial charge >= 0.3 is 0 Å². The molecule has 0 heterocycles. The zero-order valence-electron chi connectivity index (χ0n) is 11.0. The van der Waals surface area contributed by atoms with E-state index in [0.717, 1.165) is 12.1 Å². The number of hydrogen-bond donors (Lipinski definition) is 1. The molecule has 0 amide bonds. The fourth-order valence-corrected chi connectivity index (χ4v) is 2.20. The lowest BCUT2D eigenvalue weighted by atomic mass is 9.97. The lowest BCUT2D eigenvalue weighted by Gasteiger charge is -2.19. The lowest BCUT2D eigenvalue weighted by molar-refractivity contribution is 0.555. The first-order valence-corrected chi connectivity index (χ1v) is 6.39. The van der Waals surface area contributed by atoms with Crippen molar-refractivity contribution in [2.75, 3.05) is 7.05 Å². The van der Waals surface area contributed by atoms with Crippen molar-refractivity contribution in [1.29, 1.82) is 0 Å². The minimum Gasteiger partial charge on any atom is -0.309 e. The van der Waals surface area contributed by atoms with Gasteiger partial charge in [-0.05, 0) is 43.3 Å². The summed E-state index contributed by atoms with van der Waals surface area (Å²) in [7, 11) is 1.59. The van der Waals surface area contributed by atoms with Crippen LogP contribution in [-0.4, -0.2) is 7.05 Å². The highest BCUT2D eigenvalue weighted by molar-refractivity contribution is 6.30. The zero-order chi connectivity index (χ0) is 14.9. The maximum Gasteiger partial charge on any atom is 0.142 e. The summed E-state index contributed by atoms with van der Waals surface area (Å²) in [5.74, 6) is -1.75. The van der Waals surface area contributed by atoms with Crippen molar-refractivity contribution in [3.8, 4) is 0 Å². The average molecular weight is 300 g/mol. The summed E-state index contributed by atoms with van der Waals surface area (Å²) in [6.07, 6.45) is 0. The third-order valence-corrected chi connectivity index (χ3v) is 3.46. The van der Waals surface area contributed by atoms with Gasteiger partial charge in [0.05, 0.1) is 11.1 Å². The molecule has 1 atom stereocenters. The van der Waals surface area contributed by atoms with Crippen molar-refractivity contribution in [2.45, 2.75) is 13.0 Å². The molecule has 1 unspecified atom stereocenters. The van der Waals surface area contributed by atoms with Crippen LogP contribution in [0.4, 0.5) is 13.2 Å². The normalized spacial score (nSPS) is 12.5. The van der Waals surface area contributed by atoms with Gasteiger partial charge in [0.15, 0.2) is 0 Å². The number of hydrogen-bond acceptors (Lipinski definition) is 1. The van der Waals surface area contributed by atoms with Gasteiger partial charge in [-0.2, -0.15) is 0 Å². The standard InChI is InChI=1S/C15H13ClF3N/c1-8-3-4-9(5-12(8)17)15(20-2)10-6-14(19)11(16)7-13(10)18/h3-7,15,20H,1-2H3. The topological polar surface area (TPSA) is 12.0 Å². The van der Waals surface area contributed by atoms with Gasteiger partial charge in [0.2, 0.25) is 0 Å². The molecule has 0 fully saturated rings. The van der Waals surface area contributed by atoms with Crippen molar-refractivity contribution in [3.63, 3.8) is 0 Å². The number of aryl methyl sites for hydroxylation is 1. The molecule has 0 aromatic heterocycles. The number of nitrogens with one attached hydrogen (secondary N) is 1. The van der Waals surface area contributed by atoms with E-state index in [1.165, 1.54) is 6.07 Å². The average Bonchev–Trinajstić information content (AvgIpc) is 2.40. The van der Waals surface area contributed by atoms with E-state index in [-0.39, 0.29) is 10.6 Å². The van der Waals surface area contributed by atoms with Gasteiger partial charge in [-0.25, -0.2) is 13.2 Å². The molecule has 2 aromatic carbocycles. The molecule has 0 saturated carbocycles. The minimum absolute atomic E-state index is 0.0812. The number of benzene rings is 2. The zero-order valence-corrected chi connectivity index (χ0v) is 11.7. The van der Waals surface area contributed by atoms with E-state index in [1.54, 1.807) is 26.1 Å². The van der Waals surface area contributed by atoms with Gasteiger partial charge in [0.1, 0.15) is 17.5 Å². The Balaban J connectivity index is 2.52. The smallest absolute Gasteiger partial charge is 0.142 e. The van der Waals surface area contributed by atoms with Gasteiger partial charge in [-0.1, -0.05) is 23.7 Å². The molecule has 0 aliphatic carbocycles. The maximum atomic E-state index is 13.9. The second-order valence-electron chi connectivity index (χ2n) is 4.52. The Morgan fingerprint density at radius 2 is 1.70 bits per heavy atom. The van der Waals surface area contributed by atoms with Gasteiger partial charge < -0.3 is 5.32 Å². The van der Waals surface area contributed by atoms with Crippen LogP contribution in [0.25, 0.3) is 0 Å². The third kappa shape index (κ3) is 2.81. The molecule has 0 aliphatic rings. The van der Waals surface area contributed by atoms with Crippen LogP contribution >= 0.6 is 11.6 Å². The summed E-state index contributed by atoms with van der Waals surface area (Å²) in [5, 5.41) is 2.57. The van der Waals surface area contributed by atoms with Crippen LogP contribution in [0.1, 0.15) is 22.7 Å². The molecule has 106 valence electrons. The van der Waals surface area contributed by atoms with Crippen molar-refractivity contribution in [1.82, 2.24) is 5.32 Å². The fraction of sp³-hybridized carbons (Fsp3) is 0.200. The molecule has 2 aromatic rings. The van der Waals surface area contributed by atoms with Crippen molar-refractivity contribution >= 4 is 11.6 Å². The predicted octanol–water partition coefficient (Wildman–Crippen LogP) is 4.37. The van der Waals surface area contributed by atoms with E-state index < -0.39 is 23.5 Å². The summed E-state index contributed by atoms with van der Waals surface area (Å²) in [6, 6.07) is 5.86. The first-order chi connectivity index (χ1) is 9.43. The molecule has 0 saturated heterocycles. The van der Waals surface area contributed by atoms with Crippen molar-refractivity contribution in [3.05, 3.63) is 69.5 Å². The molecule has 0 radical (unpaired) electrons. The quantitative estimate of drug-likeness (QED) is 0.830. The van der Waals surface area contributed by atoms with E-state index in [4.69, 9.17) is 11.6 Å². The highest BCUT2D eigenvalue weighted by atomic mass is 35.5. The van der Waals surface area contributed by atoms with Crippen LogP contribution in [0, 0.1) is 24.4 Å². The molecule has 0 bridgehead atoms. The Bertz CT molecular complexity index is 643. The second-order valence-corrected chi connectivity index (χ2v) is 4.93. The second kappa shape index (κ2) is 5.85. The van der Waals surface area contributed by atoms with Gasteiger partial charge in [-0.3, -0.25) is 0 Å². The van der Waals surface area contributed by atoms with E-state index in [0.29, 0.717) is 11.1 Å². The van der Waals surface area contributed by atoms with Crippen LogP contribution in [0.5, 0.6) is 0 Å². The number of halogens is 4. The van der Waals surface area contributed by atoms with E-state index in [2.05, 4.69) is 5.32 Å². The molecule has 0 spiro atoms.